The molecule has 2 N–H and O–H groups in total. The summed E-state index contributed by atoms with van der Waals surface area (Å²) in [5.74, 6) is -1.08. The number of amides is 2. The van der Waals surface area contributed by atoms with E-state index in [1.54, 1.807) is 16.2 Å². The van der Waals surface area contributed by atoms with Gasteiger partial charge < -0.3 is 19.6 Å². The van der Waals surface area contributed by atoms with E-state index in [2.05, 4.69) is 52.5 Å². The fourth-order valence-corrected chi connectivity index (χ4v) is 8.16. The molecule has 3 aliphatic heterocycles. The zero-order valence-electron chi connectivity index (χ0n) is 22.6. The predicted octanol–water partition coefficient (Wildman–Crippen LogP) is 4.19. The van der Waals surface area contributed by atoms with Crippen LogP contribution in [-0.4, -0.2) is 62.9 Å². The second-order valence-corrected chi connectivity index (χ2v) is 12.9. The molecule has 6 heterocycles. The number of carbonyl (C=O) groups is 2. The summed E-state index contributed by atoms with van der Waals surface area (Å²) in [4.78, 5) is 51.9. The predicted molar refractivity (Wildman–Crippen MR) is 152 cm³/mol. The fourth-order valence-electron chi connectivity index (χ4n) is 6.97. The molecule has 2 amide bonds. The first-order chi connectivity index (χ1) is 19.3. The molecule has 3 saturated heterocycles. The summed E-state index contributed by atoms with van der Waals surface area (Å²) in [5.41, 5.74) is 2.08. The largest absolute Gasteiger partial charge is 0.358 e. The second-order valence-electron chi connectivity index (χ2n) is 11.9. The molecule has 11 heteroatoms. The molecule has 10 nitrogen and oxygen atoms in total. The lowest BCUT2D eigenvalue weighted by atomic mass is 9.68. The van der Waals surface area contributed by atoms with Crippen LogP contribution in [0.1, 0.15) is 62.1 Å². The van der Waals surface area contributed by atoms with Crippen molar-refractivity contribution < 1.29 is 14.1 Å². The number of rotatable bonds is 3. The number of piperidine rings is 3. The number of thiazole rings is 1. The molecule has 0 radical (unpaired) electrons. The molecule has 4 fully saturated rings. The maximum Gasteiger partial charge on any atom is 0.313 e. The van der Waals surface area contributed by atoms with E-state index in [1.807, 2.05) is 0 Å². The summed E-state index contributed by atoms with van der Waals surface area (Å²) in [5, 5.41) is 6.27. The highest BCUT2D eigenvalue weighted by molar-refractivity contribution is 7.18. The molecule has 2 atom stereocenters. The van der Waals surface area contributed by atoms with Gasteiger partial charge in [0.25, 0.3) is 11.3 Å². The Hall–Kier alpha value is -3.57. The molecule has 1 aromatic carbocycles. The number of hydrogen-bond acceptors (Lipinski definition) is 8. The quantitative estimate of drug-likeness (QED) is 0.360. The summed E-state index contributed by atoms with van der Waals surface area (Å²) in [7, 11) is 2.24. The number of nitrogens with one attached hydrogen (secondary N) is 2. The second kappa shape index (κ2) is 9.52. The standard InChI is InChI=1S/C29H32N6O4S/c1-16-3-5-22(35(14-16)27(38)25(37)31-18-12-20-24(36)33-39-26(20)30-13-18)17-4-6-23-21(11-17)32-28(40-23)29-9-7-19(8-10-29)34(2)15-29/h4,6,11-13,16,19,22H,3,5,7-10,14-15H2,1-2H3,(H,31,37)(H,33,36)/t16-,19?,22+,29?/m0/s1. The Balaban J connectivity index is 1.14. The number of hydrogen-bond donors (Lipinski definition) is 2. The van der Waals surface area contributed by atoms with Crippen molar-refractivity contribution in [3.8, 4) is 0 Å². The van der Waals surface area contributed by atoms with Crippen molar-refractivity contribution in [1.82, 2.24) is 24.9 Å². The molecular formula is C29H32N6O4S. The van der Waals surface area contributed by atoms with Crippen LogP contribution in [-0.2, 0) is 15.0 Å². The van der Waals surface area contributed by atoms with Crippen LogP contribution in [0.2, 0.25) is 0 Å². The highest BCUT2D eigenvalue weighted by Crippen LogP contribution is 2.48. The summed E-state index contributed by atoms with van der Waals surface area (Å²) >= 11 is 1.81. The Morgan fingerprint density at radius 1 is 1.18 bits per heavy atom. The van der Waals surface area contributed by atoms with Gasteiger partial charge in [0.2, 0.25) is 0 Å². The molecule has 2 bridgehead atoms. The Morgan fingerprint density at radius 3 is 2.80 bits per heavy atom. The van der Waals surface area contributed by atoms with Crippen molar-refractivity contribution in [2.75, 3.05) is 25.5 Å². The van der Waals surface area contributed by atoms with E-state index in [0.29, 0.717) is 12.6 Å². The van der Waals surface area contributed by atoms with E-state index in [-0.39, 0.29) is 34.2 Å². The van der Waals surface area contributed by atoms with Crippen molar-refractivity contribution in [1.29, 1.82) is 0 Å². The molecule has 0 spiro atoms. The lowest BCUT2D eigenvalue weighted by molar-refractivity contribution is -0.146. The average molecular weight is 561 g/mol. The van der Waals surface area contributed by atoms with Crippen molar-refractivity contribution in [3.05, 3.63) is 51.4 Å². The summed E-state index contributed by atoms with van der Waals surface area (Å²) in [6.45, 7) is 3.66. The molecule has 4 aromatic rings. The number of likely N-dealkylation sites (tertiary alicyclic amines) is 1. The number of fused-ring (bicyclic) bond motifs is 5. The van der Waals surface area contributed by atoms with Gasteiger partial charge >= 0.3 is 11.8 Å². The molecule has 4 aliphatic rings. The lowest BCUT2D eigenvalue weighted by Gasteiger charge is -2.50. The molecule has 1 aliphatic carbocycles. The van der Waals surface area contributed by atoms with Crippen LogP contribution < -0.4 is 10.9 Å². The zero-order valence-corrected chi connectivity index (χ0v) is 23.4. The van der Waals surface area contributed by atoms with E-state index in [1.165, 1.54) is 47.7 Å². The van der Waals surface area contributed by atoms with Gasteiger partial charge in [0, 0.05) is 24.5 Å². The van der Waals surface area contributed by atoms with Gasteiger partial charge in [-0.2, -0.15) is 5.16 Å². The Bertz CT molecular complexity index is 1680. The smallest absolute Gasteiger partial charge is 0.313 e. The minimum absolute atomic E-state index is 0.141. The van der Waals surface area contributed by atoms with Gasteiger partial charge in [-0.25, -0.2) is 9.97 Å². The van der Waals surface area contributed by atoms with Gasteiger partial charge in [0.1, 0.15) is 10.4 Å². The first kappa shape index (κ1) is 25.4. The minimum atomic E-state index is -0.756. The number of benzene rings is 1. The van der Waals surface area contributed by atoms with E-state index in [4.69, 9.17) is 9.51 Å². The molecule has 1 saturated carbocycles. The number of aromatic amines is 1. The fraction of sp³-hybridized carbons (Fsp3) is 0.483. The van der Waals surface area contributed by atoms with E-state index in [9.17, 15) is 14.4 Å². The molecule has 40 heavy (non-hydrogen) atoms. The molecule has 0 unspecified atom stereocenters. The Kier molecular flexibility index (Phi) is 6.04. The number of nitrogens with zero attached hydrogens (tertiary/aromatic N) is 4. The van der Waals surface area contributed by atoms with E-state index in [0.717, 1.165) is 30.5 Å². The molecule has 3 aromatic heterocycles. The van der Waals surface area contributed by atoms with Crippen LogP contribution in [0, 0.1) is 5.92 Å². The SMILES string of the molecule is C[C@H]1CC[C@H](c2ccc3sc(C45CCC(CC4)N(C)C5)nc3c2)N(C(=O)C(=O)Nc2cnc3o[nH]c(=O)c3c2)C1. The third-order valence-electron chi connectivity index (χ3n) is 9.20. The van der Waals surface area contributed by atoms with E-state index < -0.39 is 17.4 Å². The van der Waals surface area contributed by atoms with Crippen LogP contribution in [0.25, 0.3) is 21.3 Å². The van der Waals surface area contributed by atoms with Crippen LogP contribution in [0.5, 0.6) is 0 Å². The summed E-state index contributed by atoms with van der Waals surface area (Å²) in [6, 6.07) is 8.29. The van der Waals surface area contributed by atoms with Crippen molar-refractivity contribution in [2.45, 2.75) is 62.9 Å². The third kappa shape index (κ3) is 4.23. The number of H-pyrrole nitrogens is 1. The number of aromatic nitrogens is 3. The first-order valence-electron chi connectivity index (χ1n) is 14.0. The summed E-state index contributed by atoms with van der Waals surface area (Å²) < 4.78 is 6.14. The van der Waals surface area contributed by atoms with Gasteiger partial charge in [-0.1, -0.05) is 13.0 Å². The maximum absolute atomic E-state index is 13.5. The van der Waals surface area contributed by atoms with Crippen molar-refractivity contribution in [2.24, 2.45) is 5.92 Å². The highest BCUT2D eigenvalue weighted by Gasteiger charge is 2.46. The molecule has 8 rings (SSSR count). The normalized spacial score (nSPS) is 26.9. The van der Waals surface area contributed by atoms with Crippen LogP contribution in [0.3, 0.4) is 0 Å². The lowest BCUT2D eigenvalue weighted by Crippen LogP contribution is -2.54. The highest BCUT2D eigenvalue weighted by atomic mass is 32.1. The van der Waals surface area contributed by atoms with Crippen LogP contribution in [0.15, 0.2) is 39.8 Å². The third-order valence-corrected chi connectivity index (χ3v) is 10.5. The van der Waals surface area contributed by atoms with Gasteiger partial charge in [0.15, 0.2) is 0 Å². The summed E-state index contributed by atoms with van der Waals surface area (Å²) in [6.07, 6.45) is 7.98. The average Bonchev–Trinajstić information content (AvgIpc) is 3.56. The number of likely N-dealkylation sites (N-methyl/N-ethyl adjacent to an activating group) is 1. The number of pyridine rings is 1. The monoisotopic (exact) mass is 560 g/mol. The van der Waals surface area contributed by atoms with Gasteiger partial charge in [-0.3, -0.25) is 14.4 Å². The number of anilines is 1. The zero-order chi connectivity index (χ0) is 27.6. The maximum atomic E-state index is 13.5. The topological polar surface area (TPSA) is 124 Å². The van der Waals surface area contributed by atoms with E-state index >= 15 is 0 Å². The van der Waals surface area contributed by atoms with Crippen molar-refractivity contribution >= 4 is 50.2 Å². The van der Waals surface area contributed by atoms with Gasteiger partial charge in [-0.15, -0.1) is 11.3 Å². The van der Waals surface area contributed by atoms with Gasteiger partial charge in [0.05, 0.1) is 28.1 Å². The Morgan fingerprint density at radius 2 is 2.00 bits per heavy atom. The molecular weight excluding hydrogens is 528 g/mol. The first-order valence-corrected chi connectivity index (χ1v) is 14.8. The number of carbonyl (C=O) groups excluding carboxylic acids is 2. The van der Waals surface area contributed by atoms with Crippen LogP contribution in [0.4, 0.5) is 5.69 Å². The molecule has 208 valence electrons. The van der Waals surface area contributed by atoms with Crippen LogP contribution >= 0.6 is 11.3 Å². The Labute approximate surface area is 234 Å². The minimum Gasteiger partial charge on any atom is -0.358 e. The van der Waals surface area contributed by atoms with Crippen molar-refractivity contribution in [3.63, 3.8) is 0 Å². The van der Waals surface area contributed by atoms with Gasteiger partial charge in [-0.05, 0) is 75.3 Å².